The number of sulfonamides is 1. The highest BCUT2D eigenvalue weighted by Gasteiger charge is 2.27. The first-order valence-corrected chi connectivity index (χ1v) is 15.1. The van der Waals surface area contributed by atoms with Gasteiger partial charge in [-0.25, -0.2) is 8.42 Å². The molecule has 0 aliphatic carbocycles. The Morgan fingerprint density at radius 1 is 1.06 bits per heavy atom. The molecule has 194 valence electrons. The summed E-state index contributed by atoms with van der Waals surface area (Å²) in [5.74, 6) is -0.0715. The molecule has 7 nitrogen and oxygen atoms in total. The molecule has 0 spiro atoms. The summed E-state index contributed by atoms with van der Waals surface area (Å²) >= 11 is 7.90. The minimum atomic E-state index is -3.55. The van der Waals surface area contributed by atoms with Crippen LogP contribution in [0.1, 0.15) is 41.1 Å². The van der Waals surface area contributed by atoms with Crippen LogP contribution in [0.2, 0.25) is 5.02 Å². The third kappa shape index (κ3) is 5.96. The largest absolute Gasteiger partial charge is 0.333 e. The number of halogens is 1. The summed E-state index contributed by atoms with van der Waals surface area (Å²) < 4.78 is 29.1. The number of fused-ring (bicyclic) bond motifs is 1. The van der Waals surface area contributed by atoms with Gasteiger partial charge in [0.2, 0.25) is 10.0 Å². The highest BCUT2D eigenvalue weighted by molar-refractivity contribution is 7.92. The molecule has 36 heavy (non-hydrogen) atoms. The molecule has 3 aromatic rings. The summed E-state index contributed by atoms with van der Waals surface area (Å²) in [5.41, 5.74) is 1.94. The Morgan fingerprint density at radius 3 is 2.44 bits per heavy atom. The van der Waals surface area contributed by atoms with E-state index in [9.17, 15) is 13.2 Å². The van der Waals surface area contributed by atoms with E-state index in [1.54, 1.807) is 23.5 Å². The number of nitrogens with zero attached hydrogens (tertiary/aromatic N) is 4. The van der Waals surface area contributed by atoms with Crippen molar-refractivity contribution < 1.29 is 13.2 Å². The first-order valence-electron chi connectivity index (χ1n) is 12.1. The third-order valence-corrected chi connectivity index (χ3v) is 8.94. The molecular weight excluding hydrogens is 516 g/mol. The number of hydrogen-bond acceptors (Lipinski definition) is 5. The smallest absolute Gasteiger partial charge is 0.257 e. The van der Waals surface area contributed by atoms with Crippen molar-refractivity contribution >= 4 is 44.6 Å². The van der Waals surface area contributed by atoms with Crippen molar-refractivity contribution in [3.8, 4) is 5.00 Å². The molecule has 1 amide bonds. The molecule has 3 heterocycles. The molecule has 10 heteroatoms. The van der Waals surface area contributed by atoms with E-state index in [1.165, 1.54) is 10.6 Å². The van der Waals surface area contributed by atoms with Crippen LogP contribution in [0.25, 0.3) is 5.00 Å². The Morgan fingerprint density at radius 2 is 1.78 bits per heavy atom. The molecule has 0 N–H and O–H groups in total. The van der Waals surface area contributed by atoms with Crippen LogP contribution in [-0.4, -0.2) is 67.2 Å². The predicted molar refractivity (Wildman–Crippen MR) is 148 cm³/mol. The molecule has 0 atom stereocenters. The molecule has 4 rings (SSSR count). The lowest BCUT2D eigenvalue weighted by molar-refractivity contribution is 0.0712. The molecule has 1 aliphatic rings. The standard InChI is InChI=1S/C26H33ClN4O3S2/c1-19(2)28-12-7-13-31(36(4,33)34)24-17-22(27)9-8-21(24)18-30(15-14-28)25(32)23-16-20(3)35-26(23)29-10-5-6-11-29/h5-6,8-11,16-17,19H,7,12-15,18H2,1-4H3. The maximum Gasteiger partial charge on any atom is 0.257 e. The molecule has 1 aliphatic heterocycles. The van der Waals surface area contributed by atoms with Crippen LogP contribution in [0.4, 0.5) is 5.69 Å². The van der Waals surface area contributed by atoms with Crippen LogP contribution >= 0.6 is 22.9 Å². The SMILES string of the molecule is Cc1cc(C(=O)N2CCN(C(C)C)CCCN(S(C)(=O)=O)c3cc(Cl)ccc3C2)c(-n2cccc2)s1. The highest BCUT2D eigenvalue weighted by atomic mass is 35.5. The monoisotopic (exact) mass is 548 g/mol. The van der Waals surface area contributed by atoms with Crippen LogP contribution in [0.5, 0.6) is 0 Å². The van der Waals surface area contributed by atoms with Gasteiger partial charge in [0.25, 0.3) is 5.91 Å². The number of carbonyl (C=O) groups excluding carboxylic acids is 1. The van der Waals surface area contributed by atoms with Crippen molar-refractivity contribution in [2.45, 2.75) is 39.8 Å². The number of aryl methyl sites for hydroxylation is 1. The quantitative estimate of drug-likeness (QED) is 0.459. The third-order valence-electron chi connectivity index (χ3n) is 6.46. The number of amides is 1. The molecule has 0 unspecified atom stereocenters. The van der Waals surface area contributed by atoms with E-state index in [0.717, 1.165) is 22.0 Å². The Labute approximate surface area is 222 Å². The van der Waals surface area contributed by atoms with Gasteiger partial charge < -0.3 is 9.47 Å². The average molecular weight is 549 g/mol. The lowest BCUT2D eigenvalue weighted by Gasteiger charge is -2.30. The normalized spacial score (nSPS) is 16.2. The molecule has 0 saturated carbocycles. The van der Waals surface area contributed by atoms with Crippen LogP contribution in [0.15, 0.2) is 48.8 Å². The summed E-state index contributed by atoms with van der Waals surface area (Å²) in [4.78, 5) is 19.2. The van der Waals surface area contributed by atoms with Gasteiger partial charge in [0.1, 0.15) is 5.00 Å². The van der Waals surface area contributed by atoms with Crippen molar-refractivity contribution in [3.63, 3.8) is 0 Å². The zero-order chi connectivity index (χ0) is 26.0. The fraction of sp³-hybridized carbons (Fsp3) is 0.423. The second kappa shape index (κ2) is 11.0. The van der Waals surface area contributed by atoms with Crippen molar-refractivity contribution in [2.75, 3.05) is 36.7 Å². The zero-order valence-electron chi connectivity index (χ0n) is 21.1. The van der Waals surface area contributed by atoms with Gasteiger partial charge in [0, 0.05) is 61.1 Å². The van der Waals surface area contributed by atoms with E-state index in [-0.39, 0.29) is 18.5 Å². The predicted octanol–water partition coefficient (Wildman–Crippen LogP) is 5.02. The first-order chi connectivity index (χ1) is 17.0. The molecule has 0 fully saturated rings. The van der Waals surface area contributed by atoms with Gasteiger partial charge in [0.05, 0.1) is 17.5 Å². The van der Waals surface area contributed by atoms with Crippen LogP contribution < -0.4 is 4.31 Å². The topological polar surface area (TPSA) is 65.9 Å². The maximum absolute atomic E-state index is 14.1. The van der Waals surface area contributed by atoms with Crippen LogP contribution in [0.3, 0.4) is 0 Å². The number of hydrogen-bond donors (Lipinski definition) is 0. The Balaban J connectivity index is 1.79. The Hall–Kier alpha value is -2.33. The molecular formula is C26H33ClN4O3S2. The molecule has 0 radical (unpaired) electrons. The second-order valence-corrected chi connectivity index (χ2v) is 13.1. The van der Waals surface area contributed by atoms with E-state index in [1.807, 2.05) is 53.0 Å². The van der Waals surface area contributed by atoms with Gasteiger partial charge in [-0.15, -0.1) is 11.3 Å². The maximum atomic E-state index is 14.1. The summed E-state index contributed by atoms with van der Waals surface area (Å²) in [5, 5.41) is 1.34. The first kappa shape index (κ1) is 26.7. The minimum Gasteiger partial charge on any atom is -0.333 e. The van der Waals surface area contributed by atoms with E-state index < -0.39 is 10.0 Å². The lowest BCUT2D eigenvalue weighted by Crippen LogP contribution is -2.41. The van der Waals surface area contributed by atoms with E-state index >= 15 is 0 Å². The molecule has 1 aromatic carbocycles. The zero-order valence-corrected chi connectivity index (χ0v) is 23.5. The van der Waals surface area contributed by atoms with Crippen molar-refractivity contribution in [3.05, 3.63) is 69.8 Å². The number of carbonyl (C=O) groups is 1. The van der Waals surface area contributed by atoms with Gasteiger partial charge in [0.15, 0.2) is 0 Å². The number of benzene rings is 1. The number of anilines is 1. The van der Waals surface area contributed by atoms with Crippen molar-refractivity contribution in [1.82, 2.24) is 14.4 Å². The Bertz CT molecular complexity index is 1320. The van der Waals surface area contributed by atoms with Gasteiger partial charge in [-0.3, -0.25) is 14.0 Å². The molecule has 0 saturated heterocycles. The lowest BCUT2D eigenvalue weighted by atomic mass is 10.1. The van der Waals surface area contributed by atoms with Gasteiger partial charge >= 0.3 is 0 Å². The summed E-state index contributed by atoms with van der Waals surface area (Å²) in [7, 11) is -3.55. The van der Waals surface area contributed by atoms with Gasteiger partial charge in [-0.05, 0) is 63.1 Å². The van der Waals surface area contributed by atoms with Crippen LogP contribution in [-0.2, 0) is 16.6 Å². The summed E-state index contributed by atoms with van der Waals surface area (Å²) in [6.07, 6.45) is 5.78. The van der Waals surface area contributed by atoms with E-state index in [2.05, 4.69) is 18.7 Å². The number of aromatic nitrogens is 1. The van der Waals surface area contributed by atoms with Gasteiger partial charge in [-0.2, -0.15) is 0 Å². The van der Waals surface area contributed by atoms with E-state index in [0.29, 0.717) is 42.3 Å². The fourth-order valence-corrected chi connectivity index (χ4v) is 6.73. The second-order valence-electron chi connectivity index (χ2n) is 9.48. The number of thiophene rings is 1. The summed E-state index contributed by atoms with van der Waals surface area (Å²) in [6.45, 7) is 8.85. The summed E-state index contributed by atoms with van der Waals surface area (Å²) in [6, 6.07) is 11.4. The van der Waals surface area contributed by atoms with Crippen molar-refractivity contribution in [1.29, 1.82) is 0 Å². The van der Waals surface area contributed by atoms with Crippen molar-refractivity contribution in [2.24, 2.45) is 0 Å². The fourth-order valence-electron chi connectivity index (χ4n) is 4.61. The van der Waals surface area contributed by atoms with Gasteiger partial charge in [-0.1, -0.05) is 17.7 Å². The average Bonchev–Trinajstić information content (AvgIpc) is 3.45. The van der Waals surface area contributed by atoms with Crippen LogP contribution in [0, 0.1) is 6.92 Å². The van der Waals surface area contributed by atoms with E-state index in [4.69, 9.17) is 11.6 Å². The molecule has 0 bridgehead atoms. The molecule has 2 aromatic heterocycles. The Kier molecular flexibility index (Phi) is 8.14. The minimum absolute atomic E-state index is 0.0715. The number of rotatable bonds is 4. The highest BCUT2D eigenvalue weighted by Crippen LogP contribution is 2.31.